The van der Waals surface area contributed by atoms with Crippen LogP contribution in [0, 0.1) is 6.92 Å². The van der Waals surface area contributed by atoms with Gasteiger partial charge in [0, 0.05) is 13.5 Å². The highest BCUT2D eigenvalue weighted by atomic mass is 16.5. The fourth-order valence-corrected chi connectivity index (χ4v) is 2.12. The Hall–Kier alpha value is -1.51. The molecule has 1 aromatic rings. The van der Waals surface area contributed by atoms with E-state index < -0.39 is 0 Å². The normalized spacial score (nSPS) is 18.5. The Balaban J connectivity index is 2.24. The number of nitrogens with one attached hydrogen (secondary N) is 1. The van der Waals surface area contributed by atoms with Gasteiger partial charge in [0.15, 0.2) is 0 Å². The Morgan fingerprint density at radius 2 is 2.38 bits per heavy atom. The lowest BCUT2D eigenvalue weighted by molar-refractivity contribution is -0.121. The second-order valence-corrected chi connectivity index (χ2v) is 4.25. The molecule has 1 aliphatic rings. The van der Waals surface area contributed by atoms with Crippen LogP contribution in [0.5, 0.6) is 5.75 Å². The first-order valence-electron chi connectivity index (χ1n) is 5.64. The SMILES string of the molecule is CNC(=O)CC1CCOc2ccc(C)cc21. The minimum Gasteiger partial charge on any atom is -0.493 e. The van der Waals surface area contributed by atoms with E-state index in [9.17, 15) is 4.79 Å². The standard InChI is InChI=1S/C13H17NO2/c1-9-3-4-12-11(7-9)10(5-6-16-12)8-13(15)14-2/h3-4,7,10H,5-6,8H2,1-2H3,(H,14,15). The number of carbonyl (C=O) groups is 1. The third kappa shape index (κ3) is 2.18. The maximum absolute atomic E-state index is 11.4. The molecule has 86 valence electrons. The smallest absolute Gasteiger partial charge is 0.220 e. The van der Waals surface area contributed by atoms with Crippen LogP contribution in [0.2, 0.25) is 0 Å². The topological polar surface area (TPSA) is 38.3 Å². The average molecular weight is 219 g/mol. The summed E-state index contributed by atoms with van der Waals surface area (Å²) in [6.07, 6.45) is 1.47. The Kier molecular flexibility index (Phi) is 3.13. The number of benzene rings is 1. The highest BCUT2D eigenvalue weighted by Gasteiger charge is 2.23. The molecule has 2 rings (SSSR count). The Morgan fingerprint density at radius 3 is 3.12 bits per heavy atom. The predicted molar refractivity (Wildman–Crippen MR) is 62.7 cm³/mol. The summed E-state index contributed by atoms with van der Waals surface area (Å²) in [5.41, 5.74) is 2.39. The number of carbonyl (C=O) groups excluding carboxylic acids is 1. The lowest BCUT2D eigenvalue weighted by Gasteiger charge is -2.25. The molecule has 3 nitrogen and oxygen atoms in total. The number of hydrogen-bond acceptors (Lipinski definition) is 2. The Bertz CT molecular complexity index is 401. The van der Waals surface area contributed by atoms with Crippen molar-refractivity contribution in [3.05, 3.63) is 29.3 Å². The van der Waals surface area contributed by atoms with E-state index in [1.165, 1.54) is 11.1 Å². The Labute approximate surface area is 95.8 Å². The van der Waals surface area contributed by atoms with E-state index in [1.54, 1.807) is 7.05 Å². The molecule has 1 atom stereocenters. The van der Waals surface area contributed by atoms with Crippen LogP contribution in [0.3, 0.4) is 0 Å². The van der Waals surface area contributed by atoms with Crippen LogP contribution in [0.1, 0.15) is 29.9 Å². The first-order chi connectivity index (χ1) is 7.70. The average Bonchev–Trinajstić information content (AvgIpc) is 2.29. The fraction of sp³-hybridized carbons (Fsp3) is 0.462. The van der Waals surface area contributed by atoms with Crippen LogP contribution in [-0.2, 0) is 4.79 Å². The van der Waals surface area contributed by atoms with Gasteiger partial charge < -0.3 is 10.1 Å². The summed E-state index contributed by atoms with van der Waals surface area (Å²) in [6.45, 7) is 2.77. The number of ether oxygens (including phenoxy) is 1. The predicted octanol–water partition coefficient (Wildman–Crippen LogP) is 2.00. The molecule has 3 heteroatoms. The van der Waals surface area contributed by atoms with Gasteiger partial charge in [-0.2, -0.15) is 0 Å². The fourth-order valence-electron chi connectivity index (χ4n) is 2.12. The zero-order valence-corrected chi connectivity index (χ0v) is 9.75. The summed E-state index contributed by atoms with van der Waals surface area (Å²) < 4.78 is 5.59. The molecule has 0 aromatic heterocycles. The van der Waals surface area contributed by atoms with Gasteiger partial charge in [-0.25, -0.2) is 0 Å². The molecule has 1 heterocycles. The number of amides is 1. The van der Waals surface area contributed by atoms with Crippen molar-refractivity contribution in [1.82, 2.24) is 5.32 Å². The molecular weight excluding hydrogens is 202 g/mol. The first kappa shape index (κ1) is 11.0. The van der Waals surface area contributed by atoms with Gasteiger partial charge in [-0.3, -0.25) is 4.79 Å². The van der Waals surface area contributed by atoms with Gasteiger partial charge in [0.2, 0.25) is 5.91 Å². The van der Waals surface area contributed by atoms with E-state index in [2.05, 4.69) is 18.3 Å². The van der Waals surface area contributed by atoms with Gasteiger partial charge in [0.05, 0.1) is 6.61 Å². The Morgan fingerprint density at radius 1 is 1.56 bits per heavy atom. The van der Waals surface area contributed by atoms with Crippen molar-refractivity contribution in [2.24, 2.45) is 0 Å². The maximum Gasteiger partial charge on any atom is 0.220 e. The molecule has 0 radical (unpaired) electrons. The molecule has 0 aliphatic carbocycles. The molecule has 0 spiro atoms. The molecule has 1 aromatic carbocycles. The van der Waals surface area contributed by atoms with Crippen molar-refractivity contribution >= 4 is 5.91 Å². The molecule has 1 amide bonds. The van der Waals surface area contributed by atoms with Crippen LogP contribution in [-0.4, -0.2) is 19.6 Å². The summed E-state index contributed by atoms with van der Waals surface area (Å²) in [5, 5.41) is 2.68. The molecular formula is C13H17NO2. The van der Waals surface area contributed by atoms with Crippen molar-refractivity contribution in [3.8, 4) is 5.75 Å². The van der Waals surface area contributed by atoms with Crippen molar-refractivity contribution in [3.63, 3.8) is 0 Å². The van der Waals surface area contributed by atoms with E-state index in [1.807, 2.05) is 12.1 Å². The quantitative estimate of drug-likeness (QED) is 0.826. The van der Waals surface area contributed by atoms with Crippen LogP contribution in [0.4, 0.5) is 0 Å². The highest BCUT2D eigenvalue weighted by molar-refractivity contribution is 5.76. The van der Waals surface area contributed by atoms with E-state index in [-0.39, 0.29) is 5.91 Å². The van der Waals surface area contributed by atoms with Crippen molar-refractivity contribution in [1.29, 1.82) is 0 Å². The molecule has 0 saturated heterocycles. The zero-order valence-electron chi connectivity index (χ0n) is 9.75. The van der Waals surface area contributed by atoms with Crippen LogP contribution >= 0.6 is 0 Å². The lowest BCUT2D eigenvalue weighted by Crippen LogP contribution is -2.23. The lowest BCUT2D eigenvalue weighted by atomic mass is 9.89. The molecule has 1 N–H and O–H groups in total. The third-order valence-corrected chi connectivity index (χ3v) is 3.04. The van der Waals surface area contributed by atoms with Crippen molar-refractivity contribution in [2.75, 3.05) is 13.7 Å². The van der Waals surface area contributed by atoms with Crippen LogP contribution < -0.4 is 10.1 Å². The van der Waals surface area contributed by atoms with Crippen LogP contribution in [0.15, 0.2) is 18.2 Å². The number of aryl methyl sites for hydroxylation is 1. The van der Waals surface area contributed by atoms with E-state index >= 15 is 0 Å². The van der Waals surface area contributed by atoms with E-state index in [0.717, 1.165) is 12.2 Å². The van der Waals surface area contributed by atoms with E-state index in [4.69, 9.17) is 4.74 Å². The zero-order chi connectivity index (χ0) is 11.5. The van der Waals surface area contributed by atoms with Crippen molar-refractivity contribution in [2.45, 2.75) is 25.7 Å². The number of rotatable bonds is 2. The van der Waals surface area contributed by atoms with E-state index in [0.29, 0.717) is 18.9 Å². The summed E-state index contributed by atoms with van der Waals surface area (Å²) in [4.78, 5) is 11.4. The molecule has 0 saturated carbocycles. The van der Waals surface area contributed by atoms with Gasteiger partial charge in [-0.15, -0.1) is 0 Å². The molecule has 0 fully saturated rings. The maximum atomic E-state index is 11.4. The summed E-state index contributed by atoms with van der Waals surface area (Å²) in [6, 6.07) is 6.17. The monoisotopic (exact) mass is 219 g/mol. The third-order valence-electron chi connectivity index (χ3n) is 3.04. The second kappa shape index (κ2) is 4.56. The first-order valence-corrected chi connectivity index (χ1v) is 5.64. The minimum absolute atomic E-state index is 0.0966. The second-order valence-electron chi connectivity index (χ2n) is 4.25. The van der Waals surface area contributed by atoms with Crippen LogP contribution in [0.25, 0.3) is 0 Å². The van der Waals surface area contributed by atoms with Gasteiger partial charge >= 0.3 is 0 Å². The largest absolute Gasteiger partial charge is 0.493 e. The van der Waals surface area contributed by atoms with Gasteiger partial charge in [0.1, 0.15) is 5.75 Å². The summed E-state index contributed by atoms with van der Waals surface area (Å²) in [5.74, 6) is 1.33. The molecule has 0 bridgehead atoms. The van der Waals surface area contributed by atoms with Gasteiger partial charge in [-0.1, -0.05) is 17.7 Å². The summed E-state index contributed by atoms with van der Waals surface area (Å²) >= 11 is 0. The highest BCUT2D eigenvalue weighted by Crippen LogP contribution is 2.36. The van der Waals surface area contributed by atoms with Crippen molar-refractivity contribution < 1.29 is 9.53 Å². The number of hydrogen-bond donors (Lipinski definition) is 1. The summed E-state index contributed by atoms with van der Waals surface area (Å²) in [7, 11) is 1.68. The number of fused-ring (bicyclic) bond motifs is 1. The minimum atomic E-state index is 0.0966. The van der Waals surface area contributed by atoms with Gasteiger partial charge in [0.25, 0.3) is 0 Å². The van der Waals surface area contributed by atoms with Gasteiger partial charge in [-0.05, 0) is 30.9 Å². The molecule has 16 heavy (non-hydrogen) atoms. The molecule has 1 aliphatic heterocycles. The molecule has 1 unspecified atom stereocenters.